The van der Waals surface area contributed by atoms with Crippen molar-refractivity contribution in [3.05, 3.63) is 77.4 Å². The lowest BCUT2D eigenvalue weighted by Crippen LogP contribution is -2.45. The van der Waals surface area contributed by atoms with Gasteiger partial charge in [-0.25, -0.2) is 0 Å². The number of nitrogens with zero attached hydrogens (tertiary/aromatic N) is 5. The van der Waals surface area contributed by atoms with E-state index in [4.69, 9.17) is 0 Å². The molecular weight excluding hydrogens is 450 g/mol. The smallest absolute Gasteiger partial charge is 0.254 e. The molecule has 3 aromatic rings. The van der Waals surface area contributed by atoms with E-state index in [0.29, 0.717) is 25.2 Å². The lowest BCUT2D eigenvalue weighted by Gasteiger charge is -2.27. The van der Waals surface area contributed by atoms with Crippen LogP contribution in [0.5, 0.6) is 0 Å². The predicted octanol–water partition coefficient (Wildman–Crippen LogP) is 4.10. The first-order valence-electron chi connectivity index (χ1n) is 12.8. The van der Waals surface area contributed by atoms with Crippen LogP contribution in [0.2, 0.25) is 0 Å². The summed E-state index contributed by atoms with van der Waals surface area (Å²) < 4.78 is 0. The zero-order chi connectivity index (χ0) is 25.1. The summed E-state index contributed by atoms with van der Waals surface area (Å²) in [6.07, 6.45) is 2.79. The molecule has 0 bridgehead atoms. The molecule has 7 nitrogen and oxygen atoms in total. The van der Waals surface area contributed by atoms with Gasteiger partial charge in [-0.15, -0.1) is 10.2 Å². The van der Waals surface area contributed by atoms with Crippen LogP contribution in [-0.2, 0) is 4.79 Å². The Morgan fingerprint density at radius 1 is 0.833 bits per heavy atom. The Kier molecular flexibility index (Phi) is 6.98. The summed E-state index contributed by atoms with van der Waals surface area (Å²) in [6, 6.07) is 20.0. The van der Waals surface area contributed by atoms with Crippen molar-refractivity contribution in [2.75, 3.05) is 37.6 Å². The van der Waals surface area contributed by atoms with Crippen molar-refractivity contribution >= 4 is 17.6 Å². The number of hydrogen-bond acceptors (Lipinski definition) is 5. The summed E-state index contributed by atoms with van der Waals surface area (Å²) in [5, 5.41) is 8.92. The molecule has 7 heteroatoms. The molecule has 0 unspecified atom stereocenters. The Labute approximate surface area is 212 Å². The van der Waals surface area contributed by atoms with Gasteiger partial charge in [-0.05, 0) is 57.4 Å². The van der Waals surface area contributed by atoms with Crippen LogP contribution in [0.3, 0.4) is 0 Å². The summed E-state index contributed by atoms with van der Waals surface area (Å²) in [4.78, 5) is 32.2. The lowest BCUT2D eigenvalue weighted by molar-refractivity contribution is -0.131. The third kappa shape index (κ3) is 5.56. The second-order valence-electron chi connectivity index (χ2n) is 9.89. The summed E-state index contributed by atoms with van der Waals surface area (Å²) in [7, 11) is 0. The number of hydrogen-bond donors (Lipinski definition) is 0. The van der Waals surface area contributed by atoms with Crippen molar-refractivity contribution in [1.82, 2.24) is 20.0 Å². The van der Waals surface area contributed by atoms with Crippen LogP contribution in [-0.4, -0.2) is 70.6 Å². The molecular formula is C29H33N5O2. The molecule has 0 N–H and O–H groups in total. The standard InChI is InChI=1S/C29H33N5O2/c1-21-4-8-23(9-5-21)26-14-15-27(31-30-26)32-16-3-17-33(19-18-32)28(35)20-34(25-12-13-25)29(36)24-10-6-22(2)7-11-24/h4-11,14-15,25H,3,12-13,16-20H2,1-2H3. The number of aryl methyl sites for hydroxylation is 2. The largest absolute Gasteiger partial charge is 0.353 e. The highest BCUT2D eigenvalue weighted by atomic mass is 16.2. The van der Waals surface area contributed by atoms with Gasteiger partial charge in [0.05, 0.1) is 5.69 Å². The number of carbonyl (C=O) groups excluding carboxylic acids is 2. The fourth-order valence-electron chi connectivity index (χ4n) is 4.63. The van der Waals surface area contributed by atoms with Crippen molar-refractivity contribution in [3.8, 4) is 11.3 Å². The minimum Gasteiger partial charge on any atom is -0.353 e. The van der Waals surface area contributed by atoms with Crippen molar-refractivity contribution in [3.63, 3.8) is 0 Å². The third-order valence-corrected chi connectivity index (χ3v) is 7.02. The second kappa shape index (κ2) is 10.5. The molecule has 1 saturated carbocycles. The number of anilines is 1. The van der Waals surface area contributed by atoms with Gasteiger partial charge in [0, 0.05) is 43.3 Å². The Hall–Kier alpha value is -3.74. The van der Waals surface area contributed by atoms with E-state index in [1.54, 1.807) is 4.90 Å². The number of benzene rings is 2. The molecule has 2 amide bonds. The Balaban J connectivity index is 1.20. The third-order valence-electron chi connectivity index (χ3n) is 7.02. The van der Waals surface area contributed by atoms with E-state index in [9.17, 15) is 9.59 Å². The van der Waals surface area contributed by atoms with E-state index >= 15 is 0 Å². The average molecular weight is 484 g/mol. The van der Waals surface area contributed by atoms with Gasteiger partial charge in [0.25, 0.3) is 5.91 Å². The molecule has 2 aromatic carbocycles. The normalized spacial score (nSPS) is 15.9. The summed E-state index contributed by atoms with van der Waals surface area (Å²) in [6.45, 7) is 7.01. The van der Waals surface area contributed by atoms with Crippen LogP contribution in [0.4, 0.5) is 5.82 Å². The minimum absolute atomic E-state index is 0.0185. The zero-order valence-corrected chi connectivity index (χ0v) is 21.1. The van der Waals surface area contributed by atoms with Crippen molar-refractivity contribution in [2.45, 2.75) is 39.2 Å². The van der Waals surface area contributed by atoms with Crippen LogP contribution < -0.4 is 4.90 Å². The van der Waals surface area contributed by atoms with Crippen LogP contribution >= 0.6 is 0 Å². The number of carbonyl (C=O) groups is 2. The van der Waals surface area contributed by atoms with Crippen LogP contribution in [0.25, 0.3) is 11.3 Å². The molecule has 36 heavy (non-hydrogen) atoms. The highest BCUT2D eigenvalue weighted by molar-refractivity contribution is 5.97. The highest BCUT2D eigenvalue weighted by Crippen LogP contribution is 2.28. The lowest BCUT2D eigenvalue weighted by atomic mass is 10.1. The second-order valence-corrected chi connectivity index (χ2v) is 9.89. The molecule has 2 fully saturated rings. The fourth-order valence-corrected chi connectivity index (χ4v) is 4.63. The molecule has 2 heterocycles. The SMILES string of the molecule is Cc1ccc(C(=O)N(CC(=O)N2CCCN(c3ccc(-c4ccc(C)cc4)nn3)CC2)C2CC2)cc1. The van der Waals surface area contributed by atoms with E-state index in [-0.39, 0.29) is 24.4 Å². The maximum atomic E-state index is 13.2. The van der Waals surface area contributed by atoms with Gasteiger partial charge in [0.2, 0.25) is 5.91 Å². The van der Waals surface area contributed by atoms with Crippen LogP contribution in [0, 0.1) is 13.8 Å². The zero-order valence-electron chi connectivity index (χ0n) is 21.1. The van der Waals surface area contributed by atoms with Gasteiger partial charge in [0.15, 0.2) is 5.82 Å². The van der Waals surface area contributed by atoms with Crippen molar-refractivity contribution < 1.29 is 9.59 Å². The summed E-state index contributed by atoms with van der Waals surface area (Å²) in [5.41, 5.74) is 4.88. The first-order valence-corrected chi connectivity index (χ1v) is 12.8. The summed E-state index contributed by atoms with van der Waals surface area (Å²) in [5.74, 6) is 0.797. The van der Waals surface area contributed by atoms with Crippen molar-refractivity contribution in [2.24, 2.45) is 0 Å². The highest BCUT2D eigenvalue weighted by Gasteiger charge is 2.35. The van der Waals surface area contributed by atoms with Crippen molar-refractivity contribution in [1.29, 1.82) is 0 Å². The Bertz CT molecular complexity index is 1200. The monoisotopic (exact) mass is 483 g/mol. The average Bonchev–Trinajstić information content (AvgIpc) is 3.75. The molecule has 1 aliphatic carbocycles. The Morgan fingerprint density at radius 2 is 1.53 bits per heavy atom. The van der Waals surface area contributed by atoms with Gasteiger partial charge in [-0.2, -0.15) is 0 Å². The van der Waals surface area contributed by atoms with E-state index in [1.165, 1.54) is 5.56 Å². The van der Waals surface area contributed by atoms with E-state index in [2.05, 4.69) is 46.3 Å². The van der Waals surface area contributed by atoms with Gasteiger partial charge in [-0.1, -0.05) is 47.5 Å². The predicted molar refractivity (Wildman–Crippen MR) is 141 cm³/mol. The molecule has 1 saturated heterocycles. The van der Waals surface area contributed by atoms with Gasteiger partial charge in [0.1, 0.15) is 6.54 Å². The first-order chi connectivity index (χ1) is 17.5. The number of aromatic nitrogens is 2. The molecule has 1 aliphatic heterocycles. The van der Waals surface area contributed by atoms with Crippen LogP contribution in [0.1, 0.15) is 40.7 Å². The molecule has 0 radical (unpaired) electrons. The molecule has 0 spiro atoms. The molecule has 0 atom stereocenters. The van der Waals surface area contributed by atoms with E-state index < -0.39 is 0 Å². The first kappa shape index (κ1) is 24.0. The molecule has 1 aromatic heterocycles. The quantitative estimate of drug-likeness (QED) is 0.528. The van der Waals surface area contributed by atoms with E-state index in [1.807, 2.05) is 48.2 Å². The summed E-state index contributed by atoms with van der Waals surface area (Å²) >= 11 is 0. The van der Waals surface area contributed by atoms with E-state index in [0.717, 1.165) is 48.4 Å². The van der Waals surface area contributed by atoms with Gasteiger partial charge < -0.3 is 14.7 Å². The number of rotatable bonds is 6. The maximum Gasteiger partial charge on any atom is 0.254 e. The maximum absolute atomic E-state index is 13.2. The van der Waals surface area contributed by atoms with Crippen LogP contribution in [0.15, 0.2) is 60.7 Å². The molecule has 2 aliphatic rings. The fraction of sp³-hybridized carbons (Fsp3) is 0.379. The topological polar surface area (TPSA) is 69.6 Å². The Morgan fingerprint density at radius 3 is 2.17 bits per heavy atom. The molecule has 186 valence electrons. The number of amides is 2. The minimum atomic E-state index is -0.0498. The molecule has 5 rings (SSSR count). The van der Waals surface area contributed by atoms with Gasteiger partial charge in [-0.3, -0.25) is 9.59 Å². The van der Waals surface area contributed by atoms with Gasteiger partial charge >= 0.3 is 0 Å².